The van der Waals surface area contributed by atoms with E-state index in [1.807, 2.05) is 0 Å². The van der Waals surface area contributed by atoms with Gasteiger partial charge in [0.25, 0.3) is 0 Å². The Balaban J connectivity index is 3.67. The number of aryl methyl sites for hydroxylation is 1. The van der Waals surface area contributed by atoms with E-state index in [-0.39, 0.29) is 5.56 Å². The van der Waals surface area contributed by atoms with Gasteiger partial charge in [0.1, 0.15) is 0 Å². The third-order valence-electron chi connectivity index (χ3n) is 1.70. The SMILES string of the molecule is Cc1[c]c([N+](=O)[O-])c([N+](=O)[O-])c([N+](=O)[O-])c1. The largest absolute Gasteiger partial charge is 0.422 e. The fourth-order valence-electron chi connectivity index (χ4n) is 1.13. The summed E-state index contributed by atoms with van der Waals surface area (Å²) < 4.78 is 0. The Kier molecular flexibility index (Phi) is 2.79. The number of hydrogen-bond donors (Lipinski definition) is 0. The van der Waals surface area contributed by atoms with Crippen molar-refractivity contribution in [2.75, 3.05) is 0 Å². The van der Waals surface area contributed by atoms with Crippen LogP contribution in [0.2, 0.25) is 0 Å². The molecule has 0 aliphatic carbocycles. The molecule has 0 N–H and O–H groups in total. The smallest absolute Gasteiger partial charge is 0.258 e. The third-order valence-corrected chi connectivity index (χ3v) is 1.70. The van der Waals surface area contributed by atoms with Crippen LogP contribution in [-0.4, -0.2) is 14.8 Å². The van der Waals surface area contributed by atoms with Crippen molar-refractivity contribution in [1.29, 1.82) is 0 Å². The molecule has 0 aliphatic rings. The standard InChI is InChI=1S/C7H4N3O6/c1-4-2-5(8(11)12)7(10(15)16)6(3-4)9(13)14/h2H,1H3. The van der Waals surface area contributed by atoms with Crippen molar-refractivity contribution in [1.82, 2.24) is 0 Å². The molecular weight excluding hydrogens is 222 g/mol. The van der Waals surface area contributed by atoms with Crippen molar-refractivity contribution in [3.63, 3.8) is 0 Å². The van der Waals surface area contributed by atoms with Gasteiger partial charge in [0, 0.05) is 6.07 Å². The van der Waals surface area contributed by atoms with Crippen molar-refractivity contribution < 1.29 is 14.8 Å². The molecule has 0 amide bonds. The molecule has 0 atom stereocenters. The fraction of sp³-hybridized carbons (Fsp3) is 0.143. The number of benzene rings is 1. The summed E-state index contributed by atoms with van der Waals surface area (Å²) in [5, 5.41) is 31.6. The molecule has 0 saturated carbocycles. The zero-order valence-corrected chi connectivity index (χ0v) is 7.87. The maximum Gasteiger partial charge on any atom is 0.422 e. The van der Waals surface area contributed by atoms with Crippen LogP contribution >= 0.6 is 0 Å². The molecule has 0 aliphatic heterocycles. The predicted octanol–water partition coefficient (Wildman–Crippen LogP) is 1.52. The van der Waals surface area contributed by atoms with E-state index in [1.165, 1.54) is 6.92 Å². The van der Waals surface area contributed by atoms with Crippen LogP contribution in [0.4, 0.5) is 17.1 Å². The molecule has 83 valence electrons. The Hall–Kier alpha value is -2.58. The molecule has 0 heterocycles. The van der Waals surface area contributed by atoms with Gasteiger partial charge in [-0.25, -0.2) is 0 Å². The molecule has 1 radical (unpaired) electrons. The van der Waals surface area contributed by atoms with Crippen LogP contribution in [-0.2, 0) is 0 Å². The summed E-state index contributed by atoms with van der Waals surface area (Å²) in [6.45, 7) is 1.32. The van der Waals surface area contributed by atoms with Crippen LogP contribution in [0.1, 0.15) is 5.56 Å². The second-order valence-corrected chi connectivity index (χ2v) is 2.81. The van der Waals surface area contributed by atoms with Crippen LogP contribution in [0, 0.1) is 43.3 Å². The molecule has 9 nitrogen and oxygen atoms in total. The van der Waals surface area contributed by atoms with Crippen molar-refractivity contribution in [2.45, 2.75) is 6.92 Å². The highest BCUT2D eigenvalue weighted by atomic mass is 16.6. The Morgan fingerprint density at radius 3 is 2.00 bits per heavy atom. The average Bonchev–Trinajstić information content (AvgIpc) is 2.15. The minimum absolute atomic E-state index is 0.0870. The summed E-state index contributed by atoms with van der Waals surface area (Å²) in [4.78, 5) is 28.3. The van der Waals surface area contributed by atoms with E-state index in [2.05, 4.69) is 6.07 Å². The van der Waals surface area contributed by atoms with Crippen molar-refractivity contribution in [2.24, 2.45) is 0 Å². The minimum Gasteiger partial charge on any atom is -0.258 e. The first-order valence-corrected chi connectivity index (χ1v) is 3.84. The molecule has 1 aromatic carbocycles. The number of nitro benzene ring substituents is 3. The van der Waals surface area contributed by atoms with E-state index in [9.17, 15) is 30.3 Å². The number of hydrogen-bond acceptors (Lipinski definition) is 6. The van der Waals surface area contributed by atoms with Gasteiger partial charge >= 0.3 is 17.1 Å². The predicted molar refractivity (Wildman–Crippen MR) is 50.0 cm³/mol. The summed E-state index contributed by atoms with van der Waals surface area (Å²) >= 11 is 0. The van der Waals surface area contributed by atoms with Gasteiger partial charge in [0.2, 0.25) is 0 Å². The highest BCUT2D eigenvalue weighted by Gasteiger charge is 2.36. The summed E-state index contributed by atoms with van der Waals surface area (Å²) in [6, 6.07) is 2.97. The van der Waals surface area contributed by atoms with Gasteiger partial charge in [0.15, 0.2) is 0 Å². The zero-order chi connectivity index (χ0) is 12.5. The normalized spacial score (nSPS) is 9.81. The molecule has 0 spiro atoms. The van der Waals surface area contributed by atoms with Gasteiger partial charge in [-0.05, 0) is 12.5 Å². The molecule has 0 bridgehead atoms. The van der Waals surface area contributed by atoms with Crippen LogP contribution in [0.25, 0.3) is 0 Å². The second kappa shape index (κ2) is 3.88. The first kappa shape index (κ1) is 11.5. The van der Waals surface area contributed by atoms with Gasteiger partial charge in [-0.15, -0.1) is 0 Å². The maximum atomic E-state index is 10.5. The molecule has 1 aromatic rings. The lowest BCUT2D eigenvalue weighted by molar-refractivity contribution is -0.441. The van der Waals surface area contributed by atoms with Crippen molar-refractivity contribution >= 4 is 17.1 Å². The molecular formula is C7H4N3O6. The first-order valence-electron chi connectivity index (χ1n) is 3.84. The Bertz CT molecular complexity index is 462. The highest BCUT2D eigenvalue weighted by Crippen LogP contribution is 2.36. The van der Waals surface area contributed by atoms with Gasteiger partial charge in [-0.2, -0.15) is 0 Å². The molecule has 0 unspecified atom stereocenters. The number of rotatable bonds is 3. The lowest BCUT2D eigenvalue weighted by Crippen LogP contribution is -2.02. The van der Waals surface area contributed by atoms with Gasteiger partial charge in [-0.3, -0.25) is 30.3 Å². The Morgan fingerprint density at radius 2 is 1.62 bits per heavy atom. The number of nitrogens with zero attached hydrogens (tertiary/aromatic N) is 3. The Morgan fingerprint density at radius 1 is 1.06 bits per heavy atom. The molecule has 1 rings (SSSR count). The maximum absolute atomic E-state index is 10.5. The molecule has 0 saturated heterocycles. The van der Waals surface area contributed by atoms with E-state index in [1.54, 1.807) is 0 Å². The average molecular weight is 226 g/mol. The topological polar surface area (TPSA) is 129 Å². The van der Waals surface area contributed by atoms with Crippen LogP contribution in [0.15, 0.2) is 6.07 Å². The zero-order valence-electron chi connectivity index (χ0n) is 7.87. The van der Waals surface area contributed by atoms with E-state index >= 15 is 0 Å². The molecule has 9 heteroatoms. The van der Waals surface area contributed by atoms with Gasteiger partial charge < -0.3 is 0 Å². The van der Waals surface area contributed by atoms with E-state index in [0.29, 0.717) is 0 Å². The third kappa shape index (κ3) is 1.92. The van der Waals surface area contributed by atoms with Crippen LogP contribution in [0.3, 0.4) is 0 Å². The number of nitro groups is 3. The quantitative estimate of drug-likeness (QED) is 0.567. The van der Waals surface area contributed by atoms with E-state index in [0.717, 1.165) is 6.07 Å². The molecule has 16 heavy (non-hydrogen) atoms. The van der Waals surface area contributed by atoms with E-state index in [4.69, 9.17) is 0 Å². The Labute approximate surface area is 87.8 Å². The first-order chi connectivity index (χ1) is 7.34. The lowest BCUT2D eigenvalue weighted by atomic mass is 10.1. The molecule has 0 aromatic heterocycles. The van der Waals surface area contributed by atoms with Crippen molar-refractivity contribution in [3.8, 4) is 0 Å². The highest BCUT2D eigenvalue weighted by molar-refractivity contribution is 5.66. The summed E-state index contributed by atoms with van der Waals surface area (Å²) in [6.07, 6.45) is 0. The summed E-state index contributed by atoms with van der Waals surface area (Å²) in [5.74, 6) is 0. The van der Waals surface area contributed by atoms with E-state index < -0.39 is 31.8 Å². The molecule has 0 fully saturated rings. The van der Waals surface area contributed by atoms with Crippen molar-refractivity contribution in [3.05, 3.63) is 48.0 Å². The van der Waals surface area contributed by atoms with Gasteiger partial charge in [0.05, 0.1) is 20.8 Å². The lowest BCUT2D eigenvalue weighted by Gasteiger charge is -1.97. The monoisotopic (exact) mass is 226 g/mol. The second-order valence-electron chi connectivity index (χ2n) is 2.81. The fourth-order valence-corrected chi connectivity index (χ4v) is 1.13. The summed E-state index contributed by atoms with van der Waals surface area (Å²) in [7, 11) is 0. The van der Waals surface area contributed by atoms with Crippen LogP contribution < -0.4 is 0 Å². The van der Waals surface area contributed by atoms with Crippen LogP contribution in [0.5, 0.6) is 0 Å². The summed E-state index contributed by atoms with van der Waals surface area (Å²) in [5.41, 5.74) is -2.98. The van der Waals surface area contributed by atoms with Gasteiger partial charge in [-0.1, -0.05) is 0 Å². The minimum atomic E-state index is -1.16.